The maximum Gasteiger partial charge on any atom is 0.0749 e. The number of hydrogen-bond donors (Lipinski definition) is 1. The lowest BCUT2D eigenvalue weighted by Gasteiger charge is -2.39. The summed E-state index contributed by atoms with van der Waals surface area (Å²) < 4.78 is 5.57. The maximum atomic E-state index is 6.17. The van der Waals surface area contributed by atoms with Gasteiger partial charge in [-0.15, -0.1) is 0 Å². The lowest BCUT2D eigenvalue weighted by atomic mass is 9.94. The van der Waals surface area contributed by atoms with Gasteiger partial charge in [-0.2, -0.15) is 0 Å². The zero-order valence-electron chi connectivity index (χ0n) is 15.6. The lowest BCUT2D eigenvalue weighted by Crippen LogP contribution is -2.45. The van der Waals surface area contributed by atoms with E-state index in [1.807, 2.05) is 6.07 Å². The zero-order valence-corrected chi connectivity index (χ0v) is 16.4. The van der Waals surface area contributed by atoms with Gasteiger partial charge in [-0.25, -0.2) is 0 Å². The van der Waals surface area contributed by atoms with Crippen LogP contribution in [0.4, 0.5) is 11.4 Å². The van der Waals surface area contributed by atoms with Crippen LogP contribution < -0.4 is 10.6 Å². The maximum absolute atomic E-state index is 6.17. The molecule has 0 aromatic heterocycles. The number of nitrogens with two attached hydrogens (primary N) is 1. The predicted molar refractivity (Wildman–Crippen MR) is 107 cm³/mol. The molecule has 138 valence electrons. The monoisotopic (exact) mass is 363 g/mol. The van der Waals surface area contributed by atoms with E-state index in [1.54, 1.807) is 7.11 Å². The molecule has 2 aliphatic heterocycles. The minimum atomic E-state index is -0.0692. The summed E-state index contributed by atoms with van der Waals surface area (Å²) in [5, 5.41) is 0.638. The van der Waals surface area contributed by atoms with Gasteiger partial charge < -0.3 is 20.3 Å². The van der Waals surface area contributed by atoms with Crippen molar-refractivity contribution in [1.82, 2.24) is 4.90 Å². The molecule has 2 heterocycles. The molecule has 0 aliphatic carbocycles. The molecule has 0 amide bonds. The highest BCUT2D eigenvalue weighted by atomic mass is 35.5. The molecule has 25 heavy (non-hydrogen) atoms. The van der Waals surface area contributed by atoms with Gasteiger partial charge in [0.05, 0.1) is 16.3 Å². The zero-order chi connectivity index (χ0) is 18.0. The average molecular weight is 364 g/mol. The Kier molecular flexibility index (Phi) is 5.62. The molecular formula is C20H30ClN3O. The first-order valence-corrected chi connectivity index (χ1v) is 9.54. The van der Waals surface area contributed by atoms with Crippen LogP contribution >= 0.6 is 11.6 Å². The largest absolute Gasteiger partial charge is 0.397 e. The van der Waals surface area contributed by atoms with E-state index in [1.165, 1.54) is 18.5 Å². The van der Waals surface area contributed by atoms with Crippen molar-refractivity contribution in [3.8, 4) is 0 Å². The molecular weight excluding hydrogens is 334 g/mol. The number of fused-ring (bicyclic) bond motifs is 1. The minimum Gasteiger partial charge on any atom is -0.397 e. The highest BCUT2D eigenvalue weighted by molar-refractivity contribution is 6.33. The van der Waals surface area contributed by atoms with Gasteiger partial charge in [0, 0.05) is 38.0 Å². The third kappa shape index (κ3) is 4.30. The summed E-state index contributed by atoms with van der Waals surface area (Å²) in [5.41, 5.74) is 9.07. The van der Waals surface area contributed by atoms with Crippen molar-refractivity contribution >= 4 is 29.1 Å². The van der Waals surface area contributed by atoms with E-state index in [4.69, 9.17) is 22.1 Å². The standard InChI is InChI=1S/C20H30ClN3O/c1-20(2,25-3)14-23-11-8-15(9-12-23)13-24-10-4-5-16-18(24)7-6-17(21)19(16)22/h4-7,15H,8-14,22H2,1-3H3. The van der Waals surface area contributed by atoms with Crippen molar-refractivity contribution in [3.63, 3.8) is 0 Å². The minimum absolute atomic E-state index is 0.0692. The molecule has 2 N–H and O–H groups in total. The fraction of sp³-hybridized carbons (Fsp3) is 0.600. The number of nitrogen functional groups attached to an aromatic ring is 1. The quantitative estimate of drug-likeness (QED) is 0.806. The second kappa shape index (κ2) is 7.56. The molecule has 3 rings (SSSR count). The van der Waals surface area contributed by atoms with E-state index in [-0.39, 0.29) is 5.60 Å². The number of nitrogens with zero attached hydrogens (tertiary/aromatic N) is 2. The molecule has 4 nitrogen and oxygen atoms in total. The summed E-state index contributed by atoms with van der Waals surface area (Å²) in [6.45, 7) is 9.65. The average Bonchev–Trinajstić information content (AvgIpc) is 2.60. The van der Waals surface area contributed by atoms with Gasteiger partial charge in [-0.05, 0) is 57.8 Å². The first-order valence-electron chi connectivity index (χ1n) is 9.16. The van der Waals surface area contributed by atoms with E-state index in [2.05, 4.69) is 41.9 Å². The third-order valence-electron chi connectivity index (χ3n) is 5.50. The number of ether oxygens (including phenoxy) is 1. The summed E-state index contributed by atoms with van der Waals surface area (Å²) >= 11 is 6.17. The van der Waals surface area contributed by atoms with Crippen LogP contribution in [0.5, 0.6) is 0 Å². The number of halogens is 1. The van der Waals surface area contributed by atoms with Gasteiger partial charge in [0.25, 0.3) is 0 Å². The number of likely N-dealkylation sites (tertiary alicyclic amines) is 1. The molecule has 0 spiro atoms. The van der Waals surface area contributed by atoms with Crippen molar-refractivity contribution in [3.05, 3.63) is 28.8 Å². The molecule has 1 aromatic carbocycles. The van der Waals surface area contributed by atoms with Crippen LogP contribution in [-0.2, 0) is 4.74 Å². The summed E-state index contributed by atoms with van der Waals surface area (Å²) in [7, 11) is 1.80. The number of rotatable bonds is 5. The van der Waals surface area contributed by atoms with E-state index in [0.717, 1.165) is 44.2 Å². The van der Waals surface area contributed by atoms with Gasteiger partial charge in [-0.1, -0.05) is 23.8 Å². The Morgan fingerprint density at radius 3 is 2.68 bits per heavy atom. The highest BCUT2D eigenvalue weighted by Crippen LogP contribution is 2.36. The van der Waals surface area contributed by atoms with Crippen molar-refractivity contribution in [1.29, 1.82) is 0 Å². The highest BCUT2D eigenvalue weighted by Gasteiger charge is 2.27. The van der Waals surface area contributed by atoms with E-state index in [0.29, 0.717) is 10.7 Å². The molecule has 0 bridgehead atoms. The van der Waals surface area contributed by atoms with E-state index >= 15 is 0 Å². The molecule has 0 radical (unpaired) electrons. The molecule has 0 saturated carbocycles. The van der Waals surface area contributed by atoms with Crippen LogP contribution in [0.25, 0.3) is 6.08 Å². The van der Waals surface area contributed by atoms with Crippen LogP contribution in [0.2, 0.25) is 5.02 Å². The second-order valence-corrected chi connectivity index (χ2v) is 8.29. The first kappa shape index (κ1) is 18.6. The number of methoxy groups -OCH3 is 1. The Hall–Kier alpha value is -1.23. The Morgan fingerprint density at radius 2 is 2.00 bits per heavy atom. The molecule has 1 fully saturated rings. The number of hydrogen-bond acceptors (Lipinski definition) is 4. The van der Waals surface area contributed by atoms with E-state index in [9.17, 15) is 0 Å². The van der Waals surface area contributed by atoms with Gasteiger partial charge in [0.15, 0.2) is 0 Å². The number of anilines is 2. The van der Waals surface area contributed by atoms with Gasteiger partial charge in [0.2, 0.25) is 0 Å². The molecule has 1 saturated heterocycles. The van der Waals surface area contributed by atoms with Crippen molar-refractivity contribution in [2.45, 2.75) is 32.3 Å². The van der Waals surface area contributed by atoms with Crippen LogP contribution in [0, 0.1) is 5.92 Å². The number of piperidine rings is 1. The normalized spacial score (nSPS) is 19.3. The predicted octanol–water partition coefficient (Wildman–Crippen LogP) is 3.89. The Labute approximate surface area is 156 Å². The van der Waals surface area contributed by atoms with E-state index < -0.39 is 0 Å². The first-order chi connectivity index (χ1) is 11.9. The van der Waals surface area contributed by atoms with Gasteiger partial charge in [-0.3, -0.25) is 0 Å². The van der Waals surface area contributed by atoms with Crippen LogP contribution in [0.1, 0.15) is 32.3 Å². The Morgan fingerprint density at radius 1 is 1.28 bits per heavy atom. The smallest absolute Gasteiger partial charge is 0.0749 e. The van der Waals surface area contributed by atoms with Crippen LogP contribution in [-0.4, -0.2) is 50.3 Å². The van der Waals surface area contributed by atoms with Crippen molar-refractivity contribution in [2.75, 3.05) is 50.5 Å². The molecule has 1 aromatic rings. The lowest BCUT2D eigenvalue weighted by molar-refractivity contribution is -0.0143. The van der Waals surface area contributed by atoms with Crippen molar-refractivity contribution in [2.24, 2.45) is 5.92 Å². The van der Waals surface area contributed by atoms with Crippen LogP contribution in [0.15, 0.2) is 18.2 Å². The molecule has 0 atom stereocenters. The van der Waals surface area contributed by atoms with Gasteiger partial charge in [0.1, 0.15) is 0 Å². The fourth-order valence-corrected chi connectivity index (χ4v) is 4.02. The number of benzene rings is 1. The molecule has 0 unspecified atom stereocenters. The summed E-state index contributed by atoms with van der Waals surface area (Å²) in [5.74, 6) is 0.721. The summed E-state index contributed by atoms with van der Waals surface area (Å²) in [6.07, 6.45) is 6.75. The van der Waals surface area contributed by atoms with Gasteiger partial charge >= 0.3 is 0 Å². The summed E-state index contributed by atoms with van der Waals surface area (Å²) in [6, 6.07) is 4.02. The Balaban J connectivity index is 1.59. The third-order valence-corrected chi connectivity index (χ3v) is 5.83. The fourth-order valence-electron chi connectivity index (χ4n) is 3.86. The second-order valence-electron chi connectivity index (χ2n) is 7.88. The molecule has 5 heteroatoms. The topological polar surface area (TPSA) is 41.7 Å². The van der Waals surface area contributed by atoms with Crippen LogP contribution in [0.3, 0.4) is 0 Å². The Bertz CT molecular complexity index is 636. The molecule has 2 aliphatic rings. The SMILES string of the molecule is COC(C)(C)CN1CCC(CN2CC=Cc3c2ccc(Cl)c3N)CC1. The van der Waals surface area contributed by atoms with Crippen molar-refractivity contribution < 1.29 is 4.74 Å². The summed E-state index contributed by atoms with van der Waals surface area (Å²) in [4.78, 5) is 4.98.